The Bertz CT molecular complexity index is 788. The summed E-state index contributed by atoms with van der Waals surface area (Å²) in [7, 11) is 0. The largest absolute Gasteiger partial charge is 0.480 e. The van der Waals surface area contributed by atoms with E-state index in [4.69, 9.17) is 5.73 Å². The highest BCUT2D eigenvalue weighted by Crippen LogP contribution is 2.08. The molecule has 0 fully saturated rings. The molecule has 1 aromatic heterocycles. The molecule has 1 heterocycles. The van der Waals surface area contributed by atoms with Gasteiger partial charge in [-0.2, -0.15) is 12.6 Å². The lowest BCUT2D eigenvalue weighted by atomic mass is 9.99. The van der Waals surface area contributed by atoms with Crippen molar-refractivity contribution in [1.82, 2.24) is 25.9 Å². The fourth-order valence-electron chi connectivity index (χ4n) is 3.04. The van der Waals surface area contributed by atoms with Crippen molar-refractivity contribution in [3.05, 3.63) is 18.2 Å². The third kappa shape index (κ3) is 9.42. The number of nitrogens with zero attached hydrogens (tertiary/aromatic N) is 1. The fourth-order valence-corrected chi connectivity index (χ4v) is 3.29. The van der Waals surface area contributed by atoms with Gasteiger partial charge in [-0.25, -0.2) is 9.78 Å². The molecule has 11 nitrogen and oxygen atoms in total. The van der Waals surface area contributed by atoms with E-state index in [1.54, 1.807) is 0 Å². The molecule has 3 amide bonds. The van der Waals surface area contributed by atoms with Crippen LogP contribution in [0.15, 0.2) is 12.5 Å². The van der Waals surface area contributed by atoms with Crippen LogP contribution in [0.25, 0.3) is 0 Å². The highest BCUT2D eigenvalue weighted by molar-refractivity contribution is 7.80. The Hall–Kier alpha value is -2.60. The Morgan fingerprint density at radius 1 is 1.06 bits per heavy atom. The molecule has 0 aliphatic heterocycles. The van der Waals surface area contributed by atoms with Gasteiger partial charge in [0.2, 0.25) is 17.7 Å². The number of aromatic nitrogens is 2. The predicted octanol–water partition coefficient (Wildman–Crippen LogP) is -0.159. The van der Waals surface area contributed by atoms with E-state index in [1.165, 1.54) is 12.5 Å². The first-order valence-corrected chi connectivity index (χ1v) is 11.6. The maximum absolute atomic E-state index is 12.9. The van der Waals surface area contributed by atoms with Gasteiger partial charge in [0.15, 0.2) is 0 Å². The summed E-state index contributed by atoms with van der Waals surface area (Å²) in [5.74, 6) is -3.02. The van der Waals surface area contributed by atoms with E-state index in [9.17, 15) is 24.3 Å². The fraction of sp³-hybridized carbons (Fsp3) is 0.667. The molecule has 0 aliphatic carbocycles. The van der Waals surface area contributed by atoms with Crippen LogP contribution in [0.5, 0.6) is 0 Å². The van der Waals surface area contributed by atoms with E-state index in [0.717, 1.165) is 0 Å². The average molecular weight is 485 g/mol. The number of imidazole rings is 1. The van der Waals surface area contributed by atoms with Gasteiger partial charge in [0.1, 0.15) is 18.1 Å². The van der Waals surface area contributed by atoms with Crippen LogP contribution in [0.3, 0.4) is 0 Å². The van der Waals surface area contributed by atoms with Crippen molar-refractivity contribution in [3.8, 4) is 0 Å². The minimum absolute atomic E-state index is 0.0195. The van der Waals surface area contributed by atoms with Crippen molar-refractivity contribution in [2.45, 2.75) is 71.1 Å². The number of hydrogen-bond acceptors (Lipinski definition) is 7. The van der Waals surface area contributed by atoms with Crippen LogP contribution in [0, 0.1) is 11.8 Å². The maximum atomic E-state index is 12.9. The number of rotatable bonds is 14. The van der Waals surface area contributed by atoms with Crippen molar-refractivity contribution < 1.29 is 24.3 Å². The first-order valence-electron chi connectivity index (χ1n) is 11.0. The normalized spacial score (nSPS) is 15.7. The molecule has 5 unspecified atom stereocenters. The maximum Gasteiger partial charge on any atom is 0.326 e. The molecule has 0 bridgehead atoms. The minimum atomic E-state index is -1.16. The van der Waals surface area contributed by atoms with Gasteiger partial charge >= 0.3 is 5.97 Å². The highest BCUT2D eigenvalue weighted by Gasteiger charge is 2.31. The molecule has 1 rings (SSSR count). The number of nitrogens with two attached hydrogens (primary N) is 1. The van der Waals surface area contributed by atoms with Crippen LogP contribution >= 0.6 is 12.6 Å². The predicted molar refractivity (Wildman–Crippen MR) is 126 cm³/mol. The molecular weight excluding hydrogens is 448 g/mol. The molecule has 7 N–H and O–H groups in total. The van der Waals surface area contributed by atoms with Gasteiger partial charge in [0, 0.05) is 24.1 Å². The number of hydrogen-bond donors (Lipinski definition) is 7. The molecule has 0 radical (unpaired) electrons. The zero-order valence-corrected chi connectivity index (χ0v) is 20.4. The molecule has 0 saturated carbocycles. The average Bonchev–Trinajstić information content (AvgIpc) is 3.27. The first kappa shape index (κ1) is 28.4. The van der Waals surface area contributed by atoms with Crippen LogP contribution in [-0.4, -0.2) is 68.7 Å². The highest BCUT2D eigenvalue weighted by atomic mass is 32.1. The Labute approximate surface area is 199 Å². The van der Waals surface area contributed by atoms with Gasteiger partial charge in [0.05, 0.1) is 12.4 Å². The number of carboxylic acids is 1. The van der Waals surface area contributed by atoms with Crippen LogP contribution in [0.4, 0.5) is 0 Å². The van der Waals surface area contributed by atoms with E-state index in [-0.39, 0.29) is 30.4 Å². The molecule has 5 atom stereocenters. The molecule has 0 aliphatic rings. The summed E-state index contributed by atoms with van der Waals surface area (Å²) in [6.45, 7) is 7.43. The van der Waals surface area contributed by atoms with Gasteiger partial charge in [-0.15, -0.1) is 0 Å². The standard InChI is InChI=1S/C21H36N6O5S/c1-5-12(4)17(22)20(30)27-16(9-33)19(29)25-14(7-13-8-23-10-24-13)18(28)26-15(21(31)32)6-11(2)3/h8,10-12,14-17,33H,5-7,9,22H2,1-4H3,(H,23,24)(H,25,29)(H,26,28)(H,27,30)(H,31,32). The summed E-state index contributed by atoms with van der Waals surface area (Å²) in [4.78, 5) is 56.5. The summed E-state index contributed by atoms with van der Waals surface area (Å²) in [5.41, 5.74) is 6.50. The second-order valence-corrected chi connectivity index (χ2v) is 8.89. The van der Waals surface area contributed by atoms with Crippen molar-refractivity contribution >= 4 is 36.3 Å². The number of aliphatic carboxylic acids is 1. The monoisotopic (exact) mass is 484 g/mol. The Morgan fingerprint density at radius 3 is 2.12 bits per heavy atom. The lowest BCUT2D eigenvalue weighted by Crippen LogP contribution is -2.58. The number of thiol groups is 1. The van der Waals surface area contributed by atoms with Crippen molar-refractivity contribution in [2.75, 3.05) is 5.75 Å². The van der Waals surface area contributed by atoms with Crippen molar-refractivity contribution in [3.63, 3.8) is 0 Å². The molecule has 186 valence electrons. The zero-order chi connectivity index (χ0) is 25.1. The topological polar surface area (TPSA) is 179 Å². The number of H-pyrrole nitrogens is 1. The molecule has 12 heteroatoms. The van der Waals surface area contributed by atoms with Crippen molar-refractivity contribution in [1.29, 1.82) is 0 Å². The molecule has 0 spiro atoms. The molecule has 1 aromatic rings. The second-order valence-electron chi connectivity index (χ2n) is 8.53. The number of carbonyl (C=O) groups is 4. The number of nitrogens with one attached hydrogen (secondary N) is 4. The van der Waals surface area contributed by atoms with Crippen LogP contribution in [0.2, 0.25) is 0 Å². The third-order valence-corrected chi connectivity index (χ3v) is 5.67. The van der Waals surface area contributed by atoms with Gasteiger partial charge in [-0.05, 0) is 18.3 Å². The summed E-state index contributed by atoms with van der Waals surface area (Å²) in [6.07, 6.45) is 3.90. The van der Waals surface area contributed by atoms with Gasteiger partial charge in [-0.3, -0.25) is 14.4 Å². The Kier molecular flexibility index (Phi) is 11.9. The third-order valence-electron chi connectivity index (χ3n) is 5.31. The number of aromatic amines is 1. The number of carbonyl (C=O) groups excluding carboxylic acids is 3. The van der Waals surface area contributed by atoms with Gasteiger partial charge in [-0.1, -0.05) is 34.1 Å². The van der Waals surface area contributed by atoms with E-state index in [0.29, 0.717) is 12.1 Å². The summed E-state index contributed by atoms with van der Waals surface area (Å²) in [5, 5.41) is 17.1. The SMILES string of the molecule is CCC(C)C(N)C(=O)NC(CS)C(=O)NC(Cc1cnc[nH]1)C(=O)NC(CC(C)C)C(=O)O. The molecule has 0 saturated heterocycles. The lowest BCUT2D eigenvalue weighted by Gasteiger charge is -2.25. The Morgan fingerprint density at radius 2 is 1.64 bits per heavy atom. The summed E-state index contributed by atoms with van der Waals surface area (Å²) < 4.78 is 0. The Balaban J connectivity index is 2.97. The van der Waals surface area contributed by atoms with E-state index < -0.39 is 47.9 Å². The molecular formula is C21H36N6O5S. The van der Waals surface area contributed by atoms with Gasteiger partial charge in [0.25, 0.3) is 0 Å². The smallest absolute Gasteiger partial charge is 0.326 e. The second kappa shape index (κ2) is 13.8. The minimum Gasteiger partial charge on any atom is -0.480 e. The summed E-state index contributed by atoms with van der Waals surface area (Å²) in [6, 6.07) is -4.03. The summed E-state index contributed by atoms with van der Waals surface area (Å²) >= 11 is 4.15. The zero-order valence-electron chi connectivity index (χ0n) is 19.5. The van der Waals surface area contributed by atoms with Crippen LogP contribution < -0.4 is 21.7 Å². The van der Waals surface area contributed by atoms with E-state index in [2.05, 4.69) is 38.5 Å². The lowest BCUT2D eigenvalue weighted by molar-refractivity contribution is -0.142. The first-order chi connectivity index (χ1) is 15.5. The molecule has 0 aromatic carbocycles. The van der Waals surface area contributed by atoms with Crippen LogP contribution in [-0.2, 0) is 25.6 Å². The van der Waals surface area contributed by atoms with E-state index in [1.807, 2.05) is 27.7 Å². The quantitative estimate of drug-likeness (QED) is 0.179. The number of carboxylic acid groups (broad SMARTS) is 1. The number of amides is 3. The molecule has 33 heavy (non-hydrogen) atoms. The van der Waals surface area contributed by atoms with Crippen molar-refractivity contribution in [2.24, 2.45) is 17.6 Å². The van der Waals surface area contributed by atoms with Gasteiger partial charge < -0.3 is 31.8 Å². The van der Waals surface area contributed by atoms with Crippen LogP contribution in [0.1, 0.15) is 46.2 Å². The van der Waals surface area contributed by atoms with E-state index >= 15 is 0 Å².